The summed E-state index contributed by atoms with van der Waals surface area (Å²) in [4.78, 5) is 11.7. The van der Waals surface area contributed by atoms with Gasteiger partial charge in [0.15, 0.2) is 0 Å². The molecule has 2 nitrogen and oxygen atoms in total. The summed E-state index contributed by atoms with van der Waals surface area (Å²) >= 11 is 15.2. The largest absolute Gasteiger partial charge is 0.352 e. The molecule has 1 saturated carbocycles. The lowest BCUT2D eigenvalue weighted by molar-refractivity contribution is -0.121. The summed E-state index contributed by atoms with van der Waals surface area (Å²) < 4.78 is 0.747. The van der Waals surface area contributed by atoms with Crippen molar-refractivity contribution >= 4 is 45.0 Å². The third-order valence-electron chi connectivity index (χ3n) is 2.39. The van der Waals surface area contributed by atoms with Gasteiger partial charge >= 0.3 is 0 Å². The maximum atomic E-state index is 11.7. The van der Waals surface area contributed by atoms with Crippen LogP contribution in [0.3, 0.4) is 0 Å². The van der Waals surface area contributed by atoms with Gasteiger partial charge in [0.2, 0.25) is 5.91 Å². The average molecular weight is 323 g/mol. The summed E-state index contributed by atoms with van der Waals surface area (Å²) in [7, 11) is 0. The number of benzene rings is 1. The van der Waals surface area contributed by atoms with Crippen molar-refractivity contribution in [3.8, 4) is 0 Å². The molecular formula is C11H10BrCl2NO. The van der Waals surface area contributed by atoms with Crippen LogP contribution >= 0.6 is 39.1 Å². The molecule has 5 heteroatoms. The molecule has 1 aromatic carbocycles. The molecule has 1 fully saturated rings. The fraction of sp³-hybridized carbons (Fsp3) is 0.364. The Hall–Kier alpha value is -0.250. The van der Waals surface area contributed by atoms with E-state index in [1.165, 1.54) is 0 Å². The van der Waals surface area contributed by atoms with Crippen LogP contribution in [0.4, 0.5) is 0 Å². The van der Waals surface area contributed by atoms with Crippen molar-refractivity contribution in [1.29, 1.82) is 0 Å². The molecule has 1 amide bonds. The number of carbonyl (C=O) groups excluding carboxylic acids is 1. The van der Waals surface area contributed by atoms with E-state index in [9.17, 15) is 4.79 Å². The van der Waals surface area contributed by atoms with Crippen molar-refractivity contribution in [2.45, 2.75) is 24.3 Å². The lowest BCUT2D eigenvalue weighted by Gasteiger charge is -2.11. The molecule has 2 rings (SSSR count). The molecule has 1 aromatic rings. The number of halogens is 3. The van der Waals surface area contributed by atoms with E-state index >= 15 is 0 Å². The average Bonchev–Trinajstić information content (AvgIpc) is 3.05. The quantitative estimate of drug-likeness (QED) is 0.845. The van der Waals surface area contributed by atoms with Gasteiger partial charge < -0.3 is 5.32 Å². The molecule has 16 heavy (non-hydrogen) atoms. The Morgan fingerprint density at radius 2 is 2.19 bits per heavy atom. The summed E-state index contributed by atoms with van der Waals surface area (Å²) in [6.45, 7) is 0. The van der Waals surface area contributed by atoms with Gasteiger partial charge in [0.25, 0.3) is 0 Å². The zero-order chi connectivity index (χ0) is 11.7. The van der Waals surface area contributed by atoms with Crippen LogP contribution in [-0.4, -0.2) is 11.9 Å². The molecular weight excluding hydrogens is 313 g/mol. The maximum Gasteiger partial charge on any atom is 0.242 e. The molecule has 0 radical (unpaired) electrons. The van der Waals surface area contributed by atoms with Gasteiger partial charge in [-0.3, -0.25) is 4.79 Å². The van der Waals surface area contributed by atoms with Gasteiger partial charge in [-0.05, 0) is 46.5 Å². The highest BCUT2D eigenvalue weighted by Crippen LogP contribution is 2.29. The van der Waals surface area contributed by atoms with Crippen LogP contribution in [0.25, 0.3) is 0 Å². The zero-order valence-corrected chi connectivity index (χ0v) is 11.4. The van der Waals surface area contributed by atoms with Gasteiger partial charge in [-0.1, -0.05) is 17.7 Å². The van der Waals surface area contributed by atoms with E-state index in [1.54, 1.807) is 18.2 Å². The van der Waals surface area contributed by atoms with Crippen LogP contribution in [0, 0.1) is 0 Å². The minimum absolute atomic E-state index is 0.140. The van der Waals surface area contributed by atoms with Crippen LogP contribution < -0.4 is 5.32 Å². The number of rotatable bonds is 3. The van der Waals surface area contributed by atoms with Crippen molar-refractivity contribution in [3.05, 3.63) is 33.3 Å². The SMILES string of the molecule is O=C(NC1CC1)C(Cl)c1ccc(Cl)c(Br)c1. The molecule has 1 aliphatic rings. The van der Waals surface area contributed by atoms with Gasteiger partial charge in [0, 0.05) is 10.5 Å². The van der Waals surface area contributed by atoms with Crippen molar-refractivity contribution in [3.63, 3.8) is 0 Å². The first-order chi connectivity index (χ1) is 7.58. The molecule has 0 heterocycles. The molecule has 0 saturated heterocycles. The van der Waals surface area contributed by atoms with E-state index in [2.05, 4.69) is 21.2 Å². The highest BCUT2D eigenvalue weighted by atomic mass is 79.9. The predicted molar refractivity (Wildman–Crippen MR) is 68.9 cm³/mol. The standard InChI is InChI=1S/C11H10BrCl2NO/c12-8-5-6(1-4-9(8)13)10(14)11(16)15-7-2-3-7/h1,4-5,7,10H,2-3H2,(H,15,16). The Kier molecular flexibility index (Phi) is 3.77. The lowest BCUT2D eigenvalue weighted by atomic mass is 10.1. The van der Waals surface area contributed by atoms with E-state index < -0.39 is 5.38 Å². The molecule has 0 aromatic heterocycles. The summed E-state index contributed by atoms with van der Waals surface area (Å²) in [6, 6.07) is 5.58. The summed E-state index contributed by atoms with van der Waals surface area (Å²) in [5.41, 5.74) is 0.746. The molecule has 0 bridgehead atoms. The van der Waals surface area contributed by atoms with Gasteiger partial charge in [-0.2, -0.15) is 0 Å². The highest BCUT2D eigenvalue weighted by molar-refractivity contribution is 9.10. The highest BCUT2D eigenvalue weighted by Gasteiger charge is 2.27. The predicted octanol–water partition coefficient (Wildman–Crippen LogP) is 3.66. The van der Waals surface area contributed by atoms with E-state index in [0.29, 0.717) is 11.1 Å². The van der Waals surface area contributed by atoms with Crippen LogP contribution in [0.1, 0.15) is 23.8 Å². The Morgan fingerprint density at radius 1 is 1.50 bits per heavy atom. The van der Waals surface area contributed by atoms with Gasteiger partial charge in [-0.25, -0.2) is 0 Å². The Balaban J connectivity index is 2.09. The third kappa shape index (κ3) is 2.90. The van der Waals surface area contributed by atoms with Gasteiger partial charge in [0.05, 0.1) is 5.02 Å². The summed E-state index contributed by atoms with van der Waals surface area (Å²) in [6.07, 6.45) is 2.11. The topological polar surface area (TPSA) is 29.1 Å². The van der Waals surface area contributed by atoms with Crippen molar-refractivity contribution in [2.24, 2.45) is 0 Å². The second kappa shape index (κ2) is 4.94. The number of carbonyl (C=O) groups is 1. The normalized spacial score (nSPS) is 16.9. The number of hydrogen-bond donors (Lipinski definition) is 1. The molecule has 1 unspecified atom stereocenters. The van der Waals surface area contributed by atoms with Crippen molar-refractivity contribution in [2.75, 3.05) is 0 Å². The van der Waals surface area contributed by atoms with E-state index in [4.69, 9.17) is 23.2 Å². The zero-order valence-electron chi connectivity index (χ0n) is 8.34. The molecule has 86 valence electrons. The molecule has 1 atom stereocenters. The first kappa shape index (κ1) is 12.2. The Morgan fingerprint density at radius 3 is 2.75 bits per heavy atom. The third-order valence-corrected chi connectivity index (χ3v) is 4.05. The molecule has 1 aliphatic carbocycles. The fourth-order valence-electron chi connectivity index (χ4n) is 1.32. The second-order valence-electron chi connectivity index (χ2n) is 3.82. The van der Waals surface area contributed by atoms with Crippen molar-refractivity contribution < 1.29 is 4.79 Å². The van der Waals surface area contributed by atoms with Crippen LogP contribution in [0.5, 0.6) is 0 Å². The Bertz CT molecular complexity index is 420. The first-order valence-electron chi connectivity index (χ1n) is 4.97. The fourth-order valence-corrected chi connectivity index (χ4v) is 2.04. The Labute approximate surface area is 112 Å². The van der Waals surface area contributed by atoms with Crippen molar-refractivity contribution in [1.82, 2.24) is 5.32 Å². The lowest BCUT2D eigenvalue weighted by Crippen LogP contribution is -2.28. The molecule has 1 N–H and O–H groups in total. The first-order valence-corrected chi connectivity index (χ1v) is 6.58. The van der Waals surface area contributed by atoms with Crippen LogP contribution in [0.2, 0.25) is 5.02 Å². The van der Waals surface area contributed by atoms with E-state index in [-0.39, 0.29) is 5.91 Å². The number of nitrogens with one attached hydrogen (secondary N) is 1. The minimum atomic E-state index is -0.658. The van der Waals surface area contributed by atoms with Crippen LogP contribution in [-0.2, 0) is 4.79 Å². The summed E-state index contributed by atoms with van der Waals surface area (Å²) in [5, 5.41) is 2.82. The van der Waals surface area contributed by atoms with Gasteiger partial charge in [0.1, 0.15) is 5.38 Å². The van der Waals surface area contributed by atoms with E-state index in [1.807, 2.05) is 0 Å². The van der Waals surface area contributed by atoms with Crippen LogP contribution in [0.15, 0.2) is 22.7 Å². The smallest absolute Gasteiger partial charge is 0.242 e. The molecule has 0 aliphatic heterocycles. The minimum Gasteiger partial charge on any atom is -0.352 e. The van der Waals surface area contributed by atoms with E-state index in [0.717, 1.165) is 22.9 Å². The number of hydrogen-bond acceptors (Lipinski definition) is 1. The molecule has 0 spiro atoms. The second-order valence-corrected chi connectivity index (χ2v) is 5.52. The number of amides is 1. The van der Waals surface area contributed by atoms with Gasteiger partial charge in [-0.15, -0.1) is 11.6 Å². The monoisotopic (exact) mass is 321 g/mol. The maximum absolute atomic E-state index is 11.7. The number of alkyl halides is 1. The summed E-state index contributed by atoms with van der Waals surface area (Å²) in [5.74, 6) is -0.140.